The quantitative estimate of drug-likeness (QED) is 0.561. The lowest BCUT2D eigenvalue weighted by Crippen LogP contribution is -2.87. The summed E-state index contributed by atoms with van der Waals surface area (Å²) in [6.45, 7) is 5.56. The van der Waals surface area contributed by atoms with E-state index in [0.29, 0.717) is 24.3 Å². The molecule has 3 aromatic carbocycles. The molecule has 2 amide bonds. The number of quaternary nitrogens is 1. The largest absolute Gasteiger partial charge is 0.339 e. The second-order valence-corrected chi connectivity index (χ2v) is 7.34. The predicted molar refractivity (Wildman–Crippen MR) is 124 cm³/mol. The summed E-state index contributed by atoms with van der Waals surface area (Å²) in [4.78, 5) is 26.8. The van der Waals surface area contributed by atoms with Gasteiger partial charge in [0, 0.05) is 35.5 Å². The van der Waals surface area contributed by atoms with Gasteiger partial charge in [-0.3, -0.25) is 9.59 Å². The first-order valence-corrected chi connectivity index (χ1v) is 10.7. The number of nitrogens with two attached hydrogens (primary N) is 1. The second kappa shape index (κ2) is 11.1. The van der Waals surface area contributed by atoms with Crippen LogP contribution in [0.2, 0.25) is 0 Å². The highest BCUT2D eigenvalue weighted by Gasteiger charge is 2.19. The molecule has 0 unspecified atom stereocenters. The first-order valence-electron chi connectivity index (χ1n) is 10.7. The number of rotatable bonds is 9. The Balaban J connectivity index is 1.62. The molecule has 0 aliphatic heterocycles. The van der Waals surface area contributed by atoms with Crippen LogP contribution < -0.4 is 10.6 Å². The molecule has 31 heavy (non-hydrogen) atoms. The van der Waals surface area contributed by atoms with E-state index in [9.17, 15) is 9.59 Å². The average molecular weight is 417 g/mol. The predicted octanol–water partition coefficient (Wildman–Crippen LogP) is 3.46. The van der Waals surface area contributed by atoms with Crippen molar-refractivity contribution in [1.29, 1.82) is 0 Å². The molecule has 3 aromatic rings. The van der Waals surface area contributed by atoms with E-state index in [1.165, 1.54) is 0 Å². The van der Waals surface area contributed by atoms with E-state index in [1.807, 2.05) is 55.6 Å². The summed E-state index contributed by atoms with van der Waals surface area (Å²) in [5, 5.41) is 4.97. The molecule has 0 bridgehead atoms. The van der Waals surface area contributed by atoms with E-state index in [0.717, 1.165) is 11.1 Å². The third-order valence-corrected chi connectivity index (χ3v) is 5.32. The van der Waals surface area contributed by atoms with Crippen molar-refractivity contribution in [3.63, 3.8) is 0 Å². The van der Waals surface area contributed by atoms with Crippen LogP contribution in [0.5, 0.6) is 0 Å². The van der Waals surface area contributed by atoms with Crippen LogP contribution in [-0.2, 0) is 4.79 Å². The van der Waals surface area contributed by atoms with Crippen LogP contribution in [0.15, 0.2) is 84.9 Å². The van der Waals surface area contributed by atoms with Gasteiger partial charge in [-0.1, -0.05) is 60.7 Å². The van der Waals surface area contributed by atoms with Crippen molar-refractivity contribution < 1.29 is 14.9 Å². The molecule has 3 rings (SSSR count). The van der Waals surface area contributed by atoms with Gasteiger partial charge in [-0.15, -0.1) is 0 Å². The van der Waals surface area contributed by atoms with Gasteiger partial charge in [-0.05, 0) is 38.1 Å². The van der Waals surface area contributed by atoms with Crippen LogP contribution in [0.25, 0.3) is 0 Å². The van der Waals surface area contributed by atoms with Gasteiger partial charge in [0.1, 0.15) is 6.04 Å². The first-order chi connectivity index (χ1) is 15.1. The Hall–Kier alpha value is -3.44. The number of benzene rings is 3. The Labute approximate surface area is 184 Å². The Morgan fingerprint density at radius 1 is 0.806 bits per heavy atom. The molecule has 5 heteroatoms. The molecule has 0 heterocycles. The SMILES string of the molecule is CCN(CC)C(=O)c1ccc(NC(=O)C[NH2+]C(c2ccccc2)c2ccccc2)cc1. The van der Waals surface area contributed by atoms with E-state index >= 15 is 0 Å². The molecule has 5 nitrogen and oxygen atoms in total. The number of hydrogen-bond donors (Lipinski definition) is 2. The van der Waals surface area contributed by atoms with Crippen LogP contribution in [0.4, 0.5) is 5.69 Å². The maximum absolute atomic E-state index is 12.6. The molecule has 0 saturated heterocycles. The second-order valence-electron chi connectivity index (χ2n) is 7.34. The van der Waals surface area contributed by atoms with Crippen molar-refractivity contribution in [3.05, 3.63) is 102 Å². The number of hydrogen-bond acceptors (Lipinski definition) is 2. The number of nitrogens with one attached hydrogen (secondary N) is 1. The lowest BCUT2D eigenvalue weighted by atomic mass is 9.99. The van der Waals surface area contributed by atoms with Gasteiger partial charge in [-0.25, -0.2) is 0 Å². The fourth-order valence-electron chi connectivity index (χ4n) is 3.61. The summed E-state index contributed by atoms with van der Waals surface area (Å²) in [5.41, 5.74) is 3.62. The van der Waals surface area contributed by atoms with Gasteiger partial charge in [0.15, 0.2) is 6.54 Å². The molecule has 160 valence electrons. The van der Waals surface area contributed by atoms with Crippen LogP contribution in [-0.4, -0.2) is 36.3 Å². The zero-order chi connectivity index (χ0) is 22.1. The smallest absolute Gasteiger partial charge is 0.279 e. The zero-order valence-corrected chi connectivity index (χ0v) is 18.1. The summed E-state index contributed by atoms with van der Waals surface area (Å²) >= 11 is 0. The summed E-state index contributed by atoms with van der Waals surface area (Å²) in [7, 11) is 0. The topological polar surface area (TPSA) is 66.0 Å². The number of carbonyl (C=O) groups excluding carboxylic acids is 2. The van der Waals surface area contributed by atoms with Crippen molar-refractivity contribution in [2.24, 2.45) is 0 Å². The average Bonchev–Trinajstić information content (AvgIpc) is 2.82. The van der Waals surface area contributed by atoms with Gasteiger partial charge in [0.25, 0.3) is 11.8 Å². The molecule has 0 aliphatic carbocycles. The van der Waals surface area contributed by atoms with Crippen molar-refractivity contribution in [2.75, 3.05) is 25.0 Å². The summed E-state index contributed by atoms with van der Waals surface area (Å²) < 4.78 is 0. The third kappa shape index (κ3) is 6.03. The van der Waals surface area contributed by atoms with Crippen molar-refractivity contribution in [1.82, 2.24) is 4.90 Å². The zero-order valence-electron chi connectivity index (χ0n) is 18.1. The van der Waals surface area contributed by atoms with E-state index in [4.69, 9.17) is 0 Å². The van der Waals surface area contributed by atoms with Crippen LogP contribution in [0.1, 0.15) is 41.4 Å². The highest BCUT2D eigenvalue weighted by molar-refractivity contribution is 5.96. The summed E-state index contributed by atoms with van der Waals surface area (Å²) in [6.07, 6.45) is 0. The minimum atomic E-state index is -0.0836. The first kappa shape index (κ1) is 22.2. The lowest BCUT2D eigenvalue weighted by Gasteiger charge is -2.18. The standard InChI is InChI=1S/C26H29N3O2/c1-3-29(4-2)26(31)22-15-17-23(18-16-22)28-24(30)19-27-25(20-11-7-5-8-12-20)21-13-9-6-10-14-21/h5-18,25,27H,3-4,19H2,1-2H3,(H,28,30)/p+1. The molecule has 0 atom stereocenters. The van der Waals surface area contributed by atoms with E-state index in [-0.39, 0.29) is 24.4 Å². The van der Waals surface area contributed by atoms with Crippen molar-refractivity contribution in [2.45, 2.75) is 19.9 Å². The Kier molecular flexibility index (Phi) is 7.96. The number of anilines is 1. The molecule has 0 fully saturated rings. The highest BCUT2D eigenvalue weighted by atomic mass is 16.2. The highest BCUT2D eigenvalue weighted by Crippen LogP contribution is 2.17. The molecule has 0 aliphatic rings. The van der Waals surface area contributed by atoms with Gasteiger partial charge in [-0.2, -0.15) is 0 Å². The Morgan fingerprint density at radius 2 is 1.32 bits per heavy atom. The van der Waals surface area contributed by atoms with Crippen molar-refractivity contribution >= 4 is 17.5 Å². The fourth-order valence-corrected chi connectivity index (χ4v) is 3.61. The number of carbonyl (C=O) groups is 2. The third-order valence-electron chi connectivity index (χ3n) is 5.32. The molecule has 0 spiro atoms. The minimum Gasteiger partial charge on any atom is -0.339 e. The van der Waals surface area contributed by atoms with Gasteiger partial charge in [0.05, 0.1) is 0 Å². The monoisotopic (exact) mass is 416 g/mol. The van der Waals surface area contributed by atoms with E-state index in [2.05, 4.69) is 29.6 Å². The molecule has 0 saturated carbocycles. The molecular formula is C26H30N3O2+. The van der Waals surface area contributed by atoms with Crippen LogP contribution in [0, 0.1) is 0 Å². The maximum Gasteiger partial charge on any atom is 0.279 e. The Morgan fingerprint density at radius 3 is 1.81 bits per heavy atom. The summed E-state index contributed by atoms with van der Waals surface area (Å²) in [5.74, 6) is -0.0792. The van der Waals surface area contributed by atoms with Crippen LogP contribution in [0.3, 0.4) is 0 Å². The molecule has 0 aromatic heterocycles. The number of nitrogens with zero attached hydrogens (tertiary/aromatic N) is 1. The molecule has 3 N–H and O–H groups in total. The van der Waals surface area contributed by atoms with E-state index in [1.54, 1.807) is 29.2 Å². The fraction of sp³-hybridized carbons (Fsp3) is 0.231. The normalized spacial score (nSPS) is 10.7. The van der Waals surface area contributed by atoms with E-state index < -0.39 is 0 Å². The minimum absolute atomic E-state index is 0.00442. The van der Waals surface area contributed by atoms with Gasteiger partial charge >= 0.3 is 0 Å². The molecular weight excluding hydrogens is 386 g/mol. The maximum atomic E-state index is 12.6. The molecule has 0 radical (unpaired) electrons. The van der Waals surface area contributed by atoms with Crippen LogP contribution >= 0.6 is 0 Å². The van der Waals surface area contributed by atoms with Gasteiger partial charge < -0.3 is 15.5 Å². The van der Waals surface area contributed by atoms with Crippen molar-refractivity contribution in [3.8, 4) is 0 Å². The lowest BCUT2D eigenvalue weighted by molar-refractivity contribution is -0.676. The number of amides is 2. The summed E-state index contributed by atoms with van der Waals surface area (Å²) in [6, 6.07) is 27.5. The van der Waals surface area contributed by atoms with Gasteiger partial charge in [0.2, 0.25) is 0 Å². The Bertz CT molecular complexity index is 929.